The molecular weight excluding hydrogens is 298 g/mol. The first-order valence-electron chi connectivity index (χ1n) is 7.07. The molecule has 0 fully saturated rings. The molecule has 1 aromatic carbocycles. The molecule has 120 valence electrons. The minimum absolute atomic E-state index is 0.0657. The summed E-state index contributed by atoms with van der Waals surface area (Å²) in [6, 6.07) is 7.92. The van der Waals surface area contributed by atoms with E-state index < -0.39 is 17.3 Å². The van der Waals surface area contributed by atoms with Crippen molar-refractivity contribution in [1.82, 2.24) is 14.1 Å². The van der Waals surface area contributed by atoms with Crippen LogP contribution in [0.1, 0.15) is 24.2 Å². The predicted octanol–water partition coefficient (Wildman–Crippen LogP) is 1.07. The number of ether oxygens (including phenoxy) is 1. The van der Waals surface area contributed by atoms with Crippen LogP contribution in [0, 0.1) is 0 Å². The van der Waals surface area contributed by atoms with Crippen molar-refractivity contribution in [2.45, 2.75) is 26.5 Å². The van der Waals surface area contributed by atoms with Gasteiger partial charge < -0.3 is 4.74 Å². The molecule has 0 saturated carbocycles. The van der Waals surface area contributed by atoms with Crippen molar-refractivity contribution in [3.05, 3.63) is 69.5 Å². The molecule has 0 amide bonds. The van der Waals surface area contributed by atoms with Gasteiger partial charge in [0.05, 0.1) is 6.10 Å². The standard InChI is InChI=1S/C16H17N3O4/c1-4-10-18-15(23-11(2)3)17-14(21)19(16(18)22)13(20)12-8-6-5-7-9-12/h4-9,11H,1,10H2,2-3H3. The molecule has 0 atom stereocenters. The maximum Gasteiger partial charge on any atom is 0.363 e. The molecule has 0 N–H and O–H groups in total. The lowest BCUT2D eigenvalue weighted by molar-refractivity contribution is 0.0943. The van der Waals surface area contributed by atoms with E-state index in [9.17, 15) is 14.4 Å². The van der Waals surface area contributed by atoms with E-state index in [1.54, 1.807) is 32.0 Å². The van der Waals surface area contributed by atoms with Crippen LogP contribution < -0.4 is 16.1 Å². The average molecular weight is 315 g/mol. The molecule has 0 radical (unpaired) electrons. The molecule has 2 rings (SSSR count). The minimum atomic E-state index is -0.972. The average Bonchev–Trinajstić information content (AvgIpc) is 2.51. The van der Waals surface area contributed by atoms with Crippen LogP contribution in [0.15, 0.2) is 52.6 Å². The highest BCUT2D eigenvalue weighted by molar-refractivity contribution is 5.95. The Morgan fingerprint density at radius 2 is 1.96 bits per heavy atom. The lowest BCUT2D eigenvalue weighted by Gasteiger charge is -2.14. The van der Waals surface area contributed by atoms with E-state index in [1.807, 2.05) is 0 Å². The molecule has 0 unspecified atom stereocenters. The van der Waals surface area contributed by atoms with Crippen LogP contribution in [-0.2, 0) is 6.54 Å². The summed E-state index contributed by atoms with van der Waals surface area (Å²) in [5.74, 6) is -0.734. The Balaban J connectivity index is 2.64. The number of rotatable bonds is 5. The lowest BCUT2D eigenvalue weighted by Crippen LogP contribution is -2.45. The van der Waals surface area contributed by atoms with Gasteiger partial charge in [-0.3, -0.25) is 4.79 Å². The highest BCUT2D eigenvalue weighted by atomic mass is 16.5. The van der Waals surface area contributed by atoms with Gasteiger partial charge in [-0.1, -0.05) is 24.3 Å². The zero-order chi connectivity index (χ0) is 17.0. The van der Waals surface area contributed by atoms with Crippen LogP contribution in [0.25, 0.3) is 0 Å². The van der Waals surface area contributed by atoms with Gasteiger partial charge in [0.1, 0.15) is 0 Å². The summed E-state index contributed by atoms with van der Waals surface area (Å²) in [5.41, 5.74) is -1.56. The molecule has 0 aliphatic rings. The van der Waals surface area contributed by atoms with Crippen molar-refractivity contribution in [1.29, 1.82) is 0 Å². The SMILES string of the molecule is C=CCn1c(OC(C)C)nc(=O)n(C(=O)c2ccccc2)c1=O. The second-order valence-electron chi connectivity index (χ2n) is 5.03. The maximum absolute atomic E-state index is 12.5. The molecule has 7 heteroatoms. The van der Waals surface area contributed by atoms with Crippen LogP contribution in [0.3, 0.4) is 0 Å². The number of allylic oxidation sites excluding steroid dienone is 1. The van der Waals surface area contributed by atoms with Crippen LogP contribution in [0.4, 0.5) is 0 Å². The molecule has 2 aromatic rings. The summed E-state index contributed by atoms with van der Waals surface area (Å²) in [6.07, 6.45) is 1.18. The maximum atomic E-state index is 12.5. The quantitative estimate of drug-likeness (QED) is 0.771. The van der Waals surface area contributed by atoms with Crippen LogP contribution in [0.5, 0.6) is 6.01 Å². The Kier molecular flexibility index (Phi) is 4.90. The molecule has 7 nitrogen and oxygen atoms in total. The molecule has 0 bridgehead atoms. The summed E-state index contributed by atoms with van der Waals surface area (Å²) in [4.78, 5) is 40.8. The molecule has 23 heavy (non-hydrogen) atoms. The Bertz CT molecular complexity index is 835. The van der Waals surface area contributed by atoms with Crippen molar-refractivity contribution in [2.24, 2.45) is 0 Å². The van der Waals surface area contributed by atoms with E-state index in [0.29, 0.717) is 4.57 Å². The van der Waals surface area contributed by atoms with Gasteiger partial charge >= 0.3 is 17.4 Å². The van der Waals surface area contributed by atoms with Crippen molar-refractivity contribution in [3.8, 4) is 6.01 Å². The first-order valence-corrected chi connectivity index (χ1v) is 7.07. The number of carbonyl (C=O) groups excluding carboxylic acids is 1. The van der Waals surface area contributed by atoms with E-state index >= 15 is 0 Å². The van der Waals surface area contributed by atoms with Crippen molar-refractivity contribution >= 4 is 5.91 Å². The van der Waals surface area contributed by atoms with Crippen molar-refractivity contribution in [2.75, 3.05) is 0 Å². The van der Waals surface area contributed by atoms with E-state index in [2.05, 4.69) is 11.6 Å². The fraction of sp³-hybridized carbons (Fsp3) is 0.250. The highest BCUT2D eigenvalue weighted by Crippen LogP contribution is 2.05. The predicted molar refractivity (Wildman–Crippen MR) is 84.9 cm³/mol. The monoisotopic (exact) mass is 315 g/mol. The van der Waals surface area contributed by atoms with Gasteiger partial charge in [-0.2, -0.15) is 4.57 Å². The Hall–Kier alpha value is -2.96. The van der Waals surface area contributed by atoms with Gasteiger partial charge in [0, 0.05) is 12.1 Å². The fourth-order valence-corrected chi connectivity index (χ4v) is 1.95. The summed E-state index contributed by atoms with van der Waals surface area (Å²) in [6.45, 7) is 7.11. The van der Waals surface area contributed by atoms with E-state index in [1.165, 1.54) is 18.2 Å². The topological polar surface area (TPSA) is 83.2 Å². The molecule has 1 aromatic heterocycles. The largest absolute Gasteiger partial charge is 0.462 e. The number of benzene rings is 1. The summed E-state index contributed by atoms with van der Waals surface area (Å²) in [5, 5.41) is 0. The summed E-state index contributed by atoms with van der Waals surface area (Å²) < 4.78 is 6.96. The second-order valence-corrected chi connectivity index (χ2v) is 5.03. The van der Waals surface area contributed by atoms with Crippen LogP contribution in [0.2, 0.25) is 0 Å². The molecule has 0 aliphatic carbocycles. The van der Waals surface area contributed by atoms with Crippen molar-refractivity contribution < 1.29 is 9.53 Å². The normalized spacial score (nSPS) is 10.6. The van der Waals surface area contributed by atoms with E-state index in [-0.39, 0.29) is 24.2 Å². The Morgan fingerprint density at radius 1 is 1.30 bits per heavy atom. The number of hydrogen-bond acceptors (Lipinski definition) is 5. The third-order valence-corrected chi connectivity index (χ3v) is 2.91. The molecule has 0 aliphatic heterocycles. The van der Waals surface area contributed by atoms with Crippen LogP contribution in [-0.4, -0.2) is 26.1 Å². The van der Waals surface area contributed by atoms with Gasteiger partial charge in [0.25, 0.3) is 5.91 Å². The molecule has 1 heterocycles. The van der Waals surface area contributed by atoms with Crippen molar-refractivity contribution in [3.63, 3.8) is 0 Å². The second kappa shape index (κ2) is 6.87. The lowest BCUT2D eigenvalue weighted by atomic mass is 10.2. The molecule has 0 saturated heterocycles. The number of hydrogen-bond donors (Lipinski definition) is 0. The zero-order valence-electron chi connectivity index (χ0n) is 12.9. The third kappa shape index (κ3) is 3.45. The molecule has 0 spiro atoms. The number of carbonyl (C=O) groups is 1. The highest BCUT2D eigenvalue weighted by Gasteiger charge is 2.20. The van der Waals surface area contributed by atoms with Gasteiger partial charge in [-0.05, 0) is 26.0 Å². The third-order valence-electron chi connectivity index (χ3n) is 2.91. The number of nitrogens with zero attached hydrogens (tertiary/aromatic N) is 3. The van der Waals surface area contributed by atoms with Gasteiger partial charge in [-0.25, -0.2) is 14.2 Å². The Morgan fingerprint density at radius 3 is 2.52 bits per heavy atom. The first-order chi connectivity index (χ1) is 11.0. The van der Waals surface area contributed by atoms with Gasteiger partial charge in [0.15, 0.2) is 0 Å². The van der Waals surface area contributed by atoms with Gasteiger partial charge in [0.2, 0.25) is 0 Å². The minimum Gasteiger partial charge on any atom is -0.462 e. The Labute approximate surface area is 132 Å². The van der Waals surface area contributed by atoms with Gasteiger partial charge in [-0.15, -0.1) is 11.6 Å². The smallest absolute Gasteiger partial charge is 0.363 e. The fourth-order valence-electron chi connectivity index (χ4n) is 1.95. The van der Waals surface area contributed by atoms with E-state index in [4.69, 9.17) is 4.74 Å². The molecular formula is C16H17N3O4. The van der Waals surface area contributed by atoms with Crippen LogP contribution >= 0.6 is 0 Å². The summed E-state index contributed by atoms with van der Waals surface area (Å²) in [7, 11) is 0. The summed E-state index contributed by atoms with van der Waals surface area (Å²) >= 11 is 0. The number of aromatic nitrogens is 3. The van der Waals surface area contributed by atoms with E-state index in [0.717, 1.165) is 4.57 Å². The zero-order valence-corrected chi connectivity index (χ0v) is 12.9. The first kappa shape index (κ1) is 16.4.